The largest absolute Gasteiger partial charge is 0.309 e. The van der Waals surface area contributed by atoms with Crippen molar-refractivity contribution >= 4 is 38.9 Å². The second-order valence-corrected chi connectivity index (χ2v) is 18.4. The van der Waals surface area contributed by atoms with Crippen LogP contribution in [0.25, 0.3) is 83.1 Å². The number of hydrogen-bond acceptors (Lipinski definition) is 1. The van der Waals surface area contributed by atoms with Gasteiger partial charge >= 0.3 is 0 Å². The molecule has 1 heterocycles. The summed E-state index contributed by atoms with van der Waals surface area (Å²) in [4.78, 5) is 2.53. The summed E-state index contributed by atoms with van der Waals surface area (Å²) in [5, 5.41) is 2.48. The number of rotatable bonds is 7. The van der Waals surface area contributed by atoms with E-state index in [0.29, 0.717) is 0 Å². The van der Waals surface area contributed by atoms with E-state index in [1.165, 1.54) is 94.1 Å². The van der Waals surface area contributed by atoms with E-state index >= 15 is 0 Å². The smallest absolute Gasteiger partial charge is 0.0726 e. The van der Waals surface area contributed by atoms with Gasteiger partial charge in [-0.15, -0.1) is 0 Å². The van der Waals surface area contributed by atoms with Crippen molar-refractivity contribution < 1.29 is 0 Å². The van der Waals surface area contributed by atoms with E-state index in [4.69, 9.17) is 0 Å². The number of nitrogens with zero attached hydrogens (tertiary/aromatic N) is 2. The van der Waals surface area contributed by atoms with E-state index in [9.17, 15) is 0 Å². The van der Waals surface area contributed by atoms with Crippen LogP contribution in [0.2, 0.25) is 0 Å². The molecule has 2 aliphatic carbocycles. The number of fused-ring (bicyclic) bond motifs is 13. The summed E-state index contributed by atoms with van der Waals surface area (Å²) in [5.41, 5.74) is 23.9. The predicted octanol–water partition coefficient (Wildman–Crippen LogP) is 17.6. The van der Waals surface area contributed by atoms with Gasteiger partial charge in [0.15, 0.2) is 0 Å². The summed E-state index contributed by atoms with van der Waals surface area (Å²) in [6, 6.07) is 98.7. The van der Waals surface area contributed by atoms with Gasteiger partial charge in [-0.2, -0.15) is 0 Å². The molecule has 2 nitrogen and oxygen atoms in total. The maximum atomic E-state index is 2.53. The molecule has 69 heavy (non-hydrogen) atoms. The van der Waals surface area contributed by atoms with Crippen molar-refractivity contribution in [3.8, 4) is 61.3 Å². The van der Waals surface area contributed by atoms with Crippen LogP contribution < -0.4 is 4.90 Å². The highest BCUT2D eigenvalue weighted by molar-refractivity contribution is 6.11. The molecule has 14 rings (SSSR count). The van der Waals surface area contributed by atoms with Crippen LogP contribution in [0.4, 0.5) is 17.1 Å². The lowest BCUT2D eigenvalue weighted by Gasteiger charge is -2.32. The Hall–Kier alpha value is -8.98. The van der Waals surface area contributed by atoms with Crippen LogP contribution in [-0.4, -0.2) is 4.57 Å². The number of benzene rings is 11. The van der Waals surface area contributed by atoms with Crippen molar-refractivity contribution in [3.05, 3.63) is 289 Å². The summed E-state index contributed by atoms with van der Waals surface area (Å²) in [6.45, 7) is 0. The molecule has 322 valence electrons. The fraction of sp³-hybridized carbons (Fsp3) is 0.0149. The van der Waals surface area contributed by atoms with Crippen molar-refractivity contribution in [1.29, 1.82) is 0 Å². The van der Waals surface area contributed by atoms with E-state index < -0.39 is 5.41 Å². The van der Waals surface area contributed by atoms with Crippen LogP contribution in [0.15, 0.2) is 267 Å². The minimum absolute atomic E-state index is 0.528. The Morgan fingerprint density at radius 1 is 0.290 bits per heavy atom. The van der Waals surface area contributed by atoms with Crippen LogP contribution in [0.5, 0.6) is 0 Å². The first-order valence-corrected chi connectivity index (χ1v) is 23.9. The van der Waals surface area contributed by atoms with Gasteiger partial charge in [0.1, 0.15) is 0 Å². The lowest BCUT2D eigenvalue weighted by atomic mass is 9.70. The van der Waals surface area contributed by atoms with Gasteiger partial charge in [-0.3, -0.25) is 0 Å². The molecule has 0 N–H and O–H groups in total. The normalized spacial score (nSPS) is 14.1. The Morgan fingerprint density at radius 3 is 1.64 bits per heavy atom. The molecule has 2 aliphatic rings. The first-order valence-electron chi connectivity index (χ1n) is 23.9. The molecule has 0 saturated carbocycles. The van der Waals surface area contributed by atoms with Crippen molar-refractivity contribution in [2.45, 2.75) is 5.41 Å². The lowest BCUT2D eigenvalue weighted by molar-refractivity contribution is 0.794. The third-order valence-corrected chi connectivity index (χ3v) is 14.8. The molecule has 1 aromatic heterocycles. The Kier molecular flexibility index (Phi) is 8.84. The minimum Gasteiger partial charge on any atom is -0.309 e. The first kappa shape index (κ1) is 39.2. The zero-order valence-electron chi connectivity index (χ0n) is 37.8. The molecule has 12 aromatic rings. The maximum absolute atomic E-state index is 2.53. The fourth-order valence-corrected chi connectivity index (χ4v) is 11.9. The monoisotopic (exact) mass is 876 g/mol. The Labute approximate surface area is 402 Å². The van der Waals surface area contributed by atoms with Crippen LogP contribution >= 0.6 is 0 Å². The second kappa shape index (κ2) is 15.6. The van der Waals surface area contributed by atoms with E-state index in [0.717, 1.165) is 28.3 Å². The average Bonchev–Trinajstić information content (AvgIpc) is 4.04. The summed E-state index contributed by atoms with van der Waals surface area (Å²) >= 11 is 0. The highest BCUT2D eigenvalue weighted by Gasteiger charge is 2.52. The third kappa shape index (κ3) is 5.86. The highest BCUT2D eigenvalue weighted by atomic mass is 15.1. The summed E-state index contributed by atoms with van der Waals surface area (Å²) in [6.07, 6.45) is 0. The zero-order chi connectivity index (χ0) is 45.5. The standard InChI is InChI=1S/C67H44N2/c1-4-20-45(21-5-1)49-38-40-54-53-29-10-14-32-58(53)67(61(54)44-49)59-33-15-11-31-56(59)66-60(67)34-19-37-65(66)69(62-35-16-12-28-52(62)46-22-6-2-7-23-46)51-27-18-24-47(42-51)48-39-41-64-57(43-48)55-30-13-17-36-63(55)68(64)50-25-8-3-9-26-50/h1-44H. The molecule has 0 saturated heterocycles. The summed E-state index contributed by atoms with van der Waals surface area (Å²) in [5.74, 6) is 0. The molecule has 1 unspecified atom stereocenters. The highest BCUT2D eigenvalue weighted by Crippen LogP contribution is 2.65. The summed E-state index contributed by atoms with van der Waals surface area (Å²) < 4.78 is 2.39. The molecular formula is C67H44N2. The fourth-order valence-electron chi connectivity index (χ4n) is 11.9. The van der Waals surface area contributed by atoms with Gasteiger partial charge in [0.25, 0.3) is 0 Å². The van der Waals surface area contributed by atoms with Crippen molar-refractivity contribution in [2.75, 3.05) is 4.90 Å². The van der Waals surface area contributed by atoms with E-state index in [2.05, 4.69) is 276 Å². The van der Waals surface area contributed by atoms with E-state index in [1.54, 1.807) is 0 Å². The topological polar surface area (TPSA) is 8.17 Å². The third-order valence-electron chi connectivity index (χ3n) is 14.8. The van der Waals surface area contributed by atoms with Crippen LogP contribution in [0.1, 0.15) is 22.3 Å². The molecule has 2 heteroatoms. The number of hydrogen-bond donors (Lipinski definition) is 0. The molecule has 0 radical (unpaired) electrons. The van der Waals surface area contributed by atoms with Gasteiger partial charge in [0.2, 0.25) is 0 Å². The lowest BCUT2D eigenvalue weighted by Crippen LogP contribution is -2.26. The van der Waals surface area contributed by atoms with Crippen LogP contribution in [-0.2, 0) is 5.41 Å². The minimum atomic E-state index is -0.528. The zero-order valence-corrected chi connectivity index (χ0v) is 37.8. The van der Waals surface area contributed by atoms with Crippen molar-refractivity contribution in [1.82, 2.24) is 4.57 Å². The Morgan fingerprint density at radius 2 is 0.826 bits per heavy atom. The Balaban J connectivity index is 1.01. The molecule has 1 spiro atoms. The maximum Gasteiger partial charge on any atom is 0.0726 e. The van der Waals surface area contributed by atoms with Gasteiger partial charge in [0.05, 0.1) is 27.8 Å². The molecule has 1 atom stereocenters. The van der Waals surface area contributed by atoms with E-state index in [1.807, 2.05) is 0 Å². The molecule has 0 fully saturated rings. The van der Waals surface area contributed by atoms with Crippen molar-refractivity contribution in [3.63, 3.8) is 0 Å². The summed E-state index contributed by atoms with van der Waals surface area (Å²) in [7, 11) is 0. The molecule has 0 amide bonds. The van der Waals surface area contributed by atoms with Crippen LogP contribution in [0.3, 0.4) is 0 Å². The molecular weight excluding hydrogens is 833 g/mol. The van der Waals surface area contributed by atoms with Gasteiger partial charge in [-0.05, 0) is 127 Å². The quantitative estimate of drug-likeness (QED) is 0.155. The average molecular weight is 877 g/mol. The number of anilines is 3. The second-order valence-electron chi connectivity index (χ2n) is 18.4. The van der Waals surface area contributed by atoms with Gasteiger partial charge < -0.3 is 9.47 Å². The molecule has 11 aromatic carbocycles. The molecule has 0 aliphatic heterocycles. The van der Waals surface area contributed by atoms with Gasteiger partial charge in [-0.25, -0.2) is 0 Å². The SMILES string of the molecule is c1ccc(-c2ccc3c(c2)C2(c4ccccc4-3)c3ccccc3-c3c(N(c4cccc(-c5ccc6c(c5)c5ccccc5n6-c5ccccc5)c4)c4ccccc4-c4ccccc4)cccc32)cc1. The van der Waals surface area contributed by atoms with Crippen LogP contribution in [0, 0.1) is 0 Å². The predicted molar refractivity (Wildman–Crippen MR) is 288 cm³/mol. The first-order chi connectivity index (χ1) is 34.3. The molecule has 0 bridgehead atoms. The van der Waals surface area contributed by atoms with Crippen molar-refractivity contribution in [2.24, 2.45) is 0 Å². The number of para-hydroxylation sites is 3. The van der Waals surface area contributed by atoms with Gasteiger partial charge in [0, 0.05) is 33.3 Å². The van der Waals surface area contributed by atoms with E-state index in [-0.39, 0.29) is 0 Å². The van der Waals surface area contributed by atoms with Gasteiger partial charge in [-0.1, -0.05) is 206 Å². The Bertz CT molecular complexity index is 3960. The number of aromatic nitrogens is 1.